The van der Waals surface area contributed by atoms with Crippen LogP contribution in [0.3, 0.4) is 0 Å². The molecular weight excluding hydrogens is 217 g/mol. The first-order valence-corrected chi connectivity index (χ1v) is 6.07. The number of hydrogen-bond acceptors (Lipinski definition) is 2. The van der Waals surface area contributed by atoms with Gasteiger partial charge in [0.25, 0.3) is 0 Å². The third kappa shape index (κ3) is 2.67. The molecule has 94 valence electrons. The van der Waals surface area contributed by atoms with Gasteiger partial charge in [-0.15, -0.1) is 0 Å². The molecular formula is C14H20FNO. The molecule has 0 amide bonds. The Morgan fingerprint density at radius 3 is 2.82 bits per heavy atom. The zero-order valence-electron chi connectivity index (χ0n) is 10.7. The average molecular weight is 237 g/mol. The summed E-state index contributed by atoms with van der Waals surface area (Å²) in [6.45, 7) is 4.72. The molecule has 0 aliphatic carbocycles. The fourth-order valence-electron chi connectivity index (χ4n) is 2.70. The lowest BCUT2D eigenvalue weighted by Gasteiger charge is -2.23. The van der Waals surface area contributed by atoms with E-state index in [1.807, 2.05) is 14.0 Å². The van der Waals surface area contributed by atoms with E-state index in [0.29, 0.717) is 19.0 Å². The summed E-state index contributed by atoms with van der Waals surface area (Å²) in [5.74, 6) is -0.228. The number of hydrogen-bond donors (Lipinski definition) is 1. The first kappa shape index (κ1) is 12.5. The van der Waals surface area contributed by atoms with Gasteiger partial charge in [0.2, 0.25) is 0 Å². The first-order chi connectivity index (χ1) is 7.89. The van der Waals surface area contributed by atoms with E-state index >= 15 is 0 Å². The number of halogens is 1. The largest absolute Gasteiger partial charge is 0.388 e. The maximum atomic E-state index is 13.2. The summed E-state index contributed by atoms with van der Waals surface area (Å²) in [6.07, 6.45) is 1.28. The summed E-state index contributed by atoms with van der Waals surface area (Å²) in [5, 5.41) is 10.5. The smallest absolute Gasteiger partial charge is 0.123 e. The Kier molecular flexibility index (Phi) is 3.23. The topological polar surface area (TPSA) is 23.5 Å². The van der Waals surface area contributed by atoms with Crippen molar-refractivity contribution in [3.8, 4) is 0 Å². The Labute approximate surface area is 102 Å². The fraction of sp³-hybridized carbons (Fsp3) is 0.571. The number of likely N-dealkylation sites (tertiary alicyclic amines) is 1. The van der Waals surface area contributed by atoms with Gasteiger partial charge in [0.1, 0.15) is 5.82 Å². The van der Waals surface area contributed by atoms with Crippen molar-refractivity contribution >= 4 is 0 Å². The second-order valence-corrected chi connectivity index (χ2v) is 5.44. The van der Waals surface area contributed by atoms with E-state index in [4.69, 9.17) is 0 Å². The zero-order valence-corrected chi connectivity index (χ0v) is 10.7. The lowest BCUT2D eigenvalue weighted by molar-refractivity contribution is 0.0518. The highest BCUT2D eigenvalue weighted by atomic mass is 19.1. The number of β-amino-alcohol motifs (C(OH)–C–C–N with tert-alkyl or cyclic N) is 1. The van der Waals surface area contributed by atoms with Crippen LogP contribution in [0.4, 0.5) is 4.39 Å². The van der Waals surface area contributed by atoms with E-state index in [1.54, 1.807) is 6.07 Å². The molecule has 2 unspecified atom stereocenters. The van der Waals surface area contributed by atoms with Crippen LogP contribution in [0.5, 0.6) is 0 Å². The summed E-state index contributed by atoms with van der Waals surface area (Å²) < 4.78 is 13.2. The minimum Gasteiger partial charge on any atom is -0.388 e. The van der Waals surface area contributed by atoms with Crippen LogP contribution < -0.4 is 0 Å². The second-order valence-electron chi connectivity index (χ2n) is 5.44. The number of benzene rings is 1. The molecule has 2 nitrogen and oxygen atoms in total. The van der Waals surface area contributed by atoms with Gasteiger partial charge in [-0.3, -0.25) is 0 Å². The van der Waals surface area contributed by atoms with E-state index in [-0.39, 0.29) is 5.82 Å². The van der Waals surface area contributed by atoms with E-state index in [2.05, 4.69) is 11.8 Å². The summed E-state index contributed by atoms with van der Waals surface area (Å²) in [7, 11) is 2.01. The van der Waals surface area contributed by atoms with Gasteiger partial charge in [0, 0.05) is 19.0 Å². The van der Waals surface area contributed by atoms with Gasteiger partial charge in [-0.1, -0.05) is 6.07 Å². The third-order valence-corrected chi connectivity index (χ3v) is 3.80. The Bertz CT molecular complexity index is 409. The van der Waals surface area contributed by atoms with Crippen molar-refractivity contribution in [1.29, 1.82) is 0 Å². The molecule has 0 aromatic heterocycles. The van der Waals surface area contributed by atoms with Gasteiger partial charge >= 0.3 is 0 Å². The molecule has 1 heterocycles. The molecule has 0 spiro atoms. The van der Waals surface area contributed by atoms with Crippen LogP contribution in [0.25, 0.3) is 0 Å². The molecule has 1 fully saturated rings. The third-order valence-electron chi connectivity index (χ3n) is 3.80. The van der Waals surface area contributed by atoms with Crippen molar-refractivity contribution in [3.63, 3.8) is 0 Å². The Hall–Kier alpha value is -0.930. The van der Waals surface area contributed by atoms with Gasteiger partial charge in [0.15, 0.2) is 0 Å². The molecule has 1 aromatic rings. The predicted octanol–water partition coefficient (Wildman–Crippen LogP) is 2.13. The van der Waals surface area contributed by atoms with Crippen molar-refractivity contribution in [3.05, 3.63) is 35.1 Å². The van der Waals surface area contributed by atoms with Crippen molar-refractivity contribution in [1.82, 2.24) is 4.90 Å². The van der Waals surface area contributed by atoms with E-state index in [1.165, 1.54) is 12.1 Å². The van der Waals surface area contributed by atoms with Crippen LogP contribution in [-0.4, -0.2) is 35.2 Å². The SMILES string of the molecule is Cc1ccc(F)cc1CC1(O)CC(C)N(C)C1. The van der Waals surface area contributed by atoms with E-state index in [9.17, 15) is 9.50 Å². The molecule has 1 N–H and O–H groups in total. The van der Waals surface area contributed by atoms with Crippen LogP contribution in [0.2, 0.25) is 0 Å². The molecule has 0 saturated carbocycles. The normalized spacial score (nSPS) is 29.8. The van der Waals surface area contributed by atoms with E-state index < -0.39 is 5.60 Å². The quantitative estimate of drug-likeness (QED) is 0.851. The highest BCUT2D eigenvalue weighted by Gasteiger charge is 2.39. The fourth-order valence-corrected chi connectivity index (χ4v) is 2.70. The Morgan fingerprint density at radius 1 is 1.53 bits per heavy atom. The summed E-state index contributed by atoms with van der Waals surface area (Å²) in [6, 6.07) is 5.16. The number of aryl methyl sites for hydroxylation is 1. The van der Waals surface area contributed by atoms with Crippen molar-refractivity contribution in [2.45, 2.75) is 38.3 Å². The molecule has 1 saturated heterocycles. The zero-order chi connectivity index (χ0) is 12.6. The molecule has 1 aliphatic heterocycles. The minimum absolute atomic E-state index is 0.228. The minimum atomic E-state index is -0.716. The lowest BCUT2D eigenvalue weighted by Crippen LogP contribution is -2.34. The second kappa shape index (κ2) is 4.39. The average Bonchev–Trinajstić information content (AvgIpc) is 2.47. The van der Waals surface area contributed by atoms with Crippen molar-refractivity contribution < 1.29 is 9.50 Å². The molecule has 2 rings (SSSR count). The molecule has 1 aliphatic rings. The molecule has 17 heavy (non-hydrogen) atoms. The van der Waals surface area contributed by atoms with E-state index in [0.717, 1.165) is 17.5 Å². The highest BCUT2D eigenvalue weighted by molar-refractivity contribution is 5.28. The van der Waals surface area contributed by atoms with Crippen LogP contribution in [0.1, 0.15) is 24.5 Å². The monoisotopic (exact) mass is 237 g/mol. The van der Waals surface area contributed by atoms with Gasteiger partial charge in [-0.25, -0.2) is 4.39 Å². The van der Waals surface area contributed by atoms with Gasteiger partial charge in [0.05, 0.1) is 5.60 Å². The summed E-state index contributed by atoms with van der Waals surface area (Å²) in [4.78, 5) is 2.15. The molecule has 1 aromatic carbocycles. The van der Waals surface area contributed by atoms with Gasteiger partial charge < -0.3 is 10.0 Å². The maximum Gasteiger partial charge on any atom is 0.123 e. The number of aliphatic hydroxyl groups is 1. The molecule has 0 radical (unpaired) electrons. The van der Waals surface area contributed by atoms with Crippen LogP contribution in [0, 0.1) is 12.7 Å². The van der Waals surface area contributed by atoms with Gasteiger partial charge in [-0.2, -0.15) is 0 Å². The Morgan fingerprint density at radius 2 is 2.24 bits per heavy atom. The van der Waals surface area contributed by atoms with Gasteiger partial charge in [-0.05, 0) is 50.6 Å². The molecule has 3 heteroatoms. The van der Waals surface area contributed by atoms with Crippen LogP contribution >= 0.6 is 0 Å². The lowest BCUT2D eigenvalue weighted by atomic mass is 9.90. The highest BCUT2D eigenvalue weighted by Crippen LogP contribution is 2.30. The number of likely N-dealkylation sites (N-methyl/N-ethyl adjacent to an activating group) is 1. The molecule has 0 bridgehead atoms. The summed E-state index contributed by atoms with van der Waals surface area (Å²) in [5.41, 5.74) is 1.24. The van der Waals surface area contributed by atoms with Crippen LogP contribution in [-0.2, 0) is 6.42 Å². The van der Waals surface area contributed by atoms with Crippen LogP contribution in [0.15, 0.2) is 18.2 Å². The summed E-state index contributed by atoms with van der Waals surface area (Å²) >= 11 is 0. The number of nitrogens with zero attached hydrogens (tertiary/aromatic N) is 1. The first-order valence-electron chi connectivity index (χ1n) is 6.07. The Balaban J connectivity index is 2.18. The standard InChI is InChI=1S/C14H20FNO/c1-10-4-5-13(15)6-12(10)8-14(17)7-11(2)16(3)9-14/h4-6,11,17H,7-9H2,1-3H3. The van der Waals surface area contributed by atoms with Crippen molar-refractivity contribution in [2.75, 3.05) is 13.6 Å². The predicted molar refractivity (Wildman–Crippen MR) is 66.5 cm³/mol. The van der Waals surface area contributed by atoms with Crippen molar-refractivity contribution in [2.24, 2.45) is 0 Å². The number of rotatable bonds is 2. The molecule has 2 atom stereocenters. The maximum absolute atomic E-state index is 13.2.